The molecule has 2 aromatic carbocycles. The van der Waals surface area contributed by atoms with Crippen LogP contribution in [-0.2, 0) is 11.2 Å². The van der Waals surface area contributed by atoms with Crippen LogP contribution in [0.1, 0.15) is 57.2 Å². The van der Waals surface area contributed by atoms with Gasteiger partial charge in [-0.15, -0.1) is 0 Å². The van der Waals surface area contributed by atoms with Crippen LogP contribution in [0, 0.1) is 19.8 Å². The maximum Gasteiger partial charge on any atom is 0.269 e. The van der Waals surface area contributed by atoms with Crippen molar-refractivity contribution < 1.29 is 14.4 Å². The van der Waals surface area contributed by atoms with Crippen molar-refractivity contribution in [2.24, 2.45) is 5.92 Å². The lowest BCUT2D eigenvalue weighted by Crippen LogP contribution is -2.50. The number of aryl methyl sites for hydroxylation is 3. The van der Waals surface area contributed by atoms with E-state index in [0.29, 0.717) is 30.6 Å². The van der Waals surface area contributed by atoms with Crippen LogP contribution in [0.25, 0.3) is 0 Å². The number of benzene rings is 2. The molecular weight excluding hydrogens is 378 g/mol. The zero-order valence-electron chi connectivity index (χ0n) is 17.8. The van der Waals surface area contributed by atoms with E-state index in [0.717, 1.165) is 29.5 Å². The first-order valence-electron chi connectivity index (χ1n) is 10.4. The van der Waals surface area contributed by atoms with Gasteiger partial charge >= 0.3 is 0 Å². The summed E-state index contributed by atoms with van der Waals surface area (Å²) >= 11 is 0. The van der Waals surface area contributed by atoms with Gasteiger partial charge in [0.1, 0.15) is 0 Å². The predicted octanol–water partition coefficient (Wildman–Crippen LogP) is 3.18. The Morgan fingerprint density at radius 2 is 1.63 bits per heavy atom. The summed E-state index contributed by atoms with van der Waals surface area (Å²) < 4.78 is 0. The fourth-order valence-electron chi connectivity index (χ4n) is 3.84. The highest BCUT2D eigenvalue weighted by Crippen LogP contribution is 2.20. The molecule has 1 aliphatic heterocycles. The second kappa shape index (κ2) is 9.57. The van der Waals surface area contributed by atoms with Crippen LogP contribution < -0.4 is 10.9 Å². The Bertz CT molecular complexity index is 917. The van der Waals surface area contributed by atoms with Crippen LogP contribution in [-0.4, -0.2) is 35.7 Å². The molecule has 1 aliphatic rings. The van der Waals surface area contributed by atoms with E-state index in [1.165, 1.54) is 0 Å². The van der Waals surface area contributed by atoms with Gasteiger partial charge in [0.2, 0.25) is 5.91 Å². The summed E-state index contributed by atoms with van der Waals surface area (Å²) in [5.74, 6) is -1.04. The number of nitrogens with one attached hydrogen (secondary N) is 2. The van der Waals surface area contributed by atoms with Crippen LogP contribution in [0.5, 0.6) is 0 Å². The minimum absolute atomic E-state index is 0.0562. The molecule has 6 heteroatoms. The van der Waals surface area contributed by atoms with Crippen molar-refractivity contribution in [2.45, 2.75) is 40.0 Å². The lowest BCUT2D eigenvalue weighted by atomic mass is 9.96. The molecule has 3 rings (SSSR count). The summed E-state index contributed by atoms with van der Waals surface area (Å²) in [6.45, 7) is 6.96. The molecule has 0 aromatic heterocycles. The maximum absolute atomic E-state index is 12.9. The van der Waals surface area contributed by atoms with Gasteiger partial charge in [-0.25, -0.2) is 0 Å². The fraction of sp³-hybridized carbons (Fsp3) is 0.375. The Balaban J connectivity index is 1.57. The van der Waals surface area contributed by atoms with Crippen LogP contribution in [0.4, 0.5) is 0 Å². The Kier molecular flexibility index (Phi) is 6.87. The molecular formula is C24H29N3O3. The van der Waals surface area contributed by atoms with E-state index in [9.17, 15) is 14.4 Å². The summed E-state index contributed by atoms with van der Waals surface area (Å²) in [7, 11) is 0. The number of hydrazine groups is 1. The first-order valence-corrected chi connectivity index (χ1v) is 10.4. The lowest BCUT2D eigenvalue weighted by Gasteiger charge is -2.32. The molecule has 0 radical (unpaired) electrons. The largest absolute Gasteiger partial charge is 0.338 e. The van der Waals surface area contributed by atoms with E-state index < -0.39 is 0 Å². The van der Waals surface area contributed by atoms with Gasteiger partial charge in [0.15, 0.2) is 0 Å². The van der Waals surface area contributed by atoms with E-state index in [2.05, 4.69) is 10.9 Å². The normalized spacial score (nSPS) is 16.1. The SMILES string of the molecule is CCc1ccc(C(=O)NNC(=O)C2CCCN(C(=O)c3cc(C)cc(C)c3)C2)cc1. The molecule has 2 aromatic rings. The monoisotopic (exact) mass is 407 g/mol. The summed E-state index contributed by atoms with van der Waals surface area (Å²) in [5.41, 5.74) is 9.37. The van der Waals surface area contributed by atoms with Gasteiger partial charge in [0.05, 0.1) is 5.92 Å². The van der Waals surface area contributed by atoms with Gasteiger partial charge in [-0.2, -0.15) is 0 Å². The van der Waals surface area contributed by atoms with Gasteiger partial charge in [-0.1, -0.05) is 36.2 Å². The Morgan fingerprint density at radius 1 is 0.967 bits per heavy atom. The van der Waals surface area contributed by atoms with Crippen molar-refractivity contribution in [3.05, 3.63) is 70.3 Å². The van der Waals surface area contributed by atoms with Crippen molar-refractivity contribution >= 4 is 17.7 Å². The maximum atomic E-state index is 12.9. The zero-order chi connectivity index (χ0) is 21.7. The standard InChI is InChI=1S/C24H29N3O3/c1-4-18-7-9-19(10-8-18)22(28)25-26-23(29)20-6-5-11-27(15-20)24(30)21-13-16(2)12-17(3)14-21/h7-10,12-14,20H,4-6,11,15H2,1-3H3,(H,25,28)(H,26,29). The highest BCUT2D eigenvalue weighted by molar-refractivity contribution is 5.96. The molecule has 2 N–H and O–H groups in total. The minimum Gasteiger partial charge on any atom is -0.338 e. The smallest absolute Gasteiger partial charge is 0.269 e. The summed E-state index contributed by atoms with van der Waals surface area (Å²) in [5, 5.41) is 0. The molecule has 1 atom stereocenters. The molecule has 1 unspecified atom stereocenters. The van der Waals surface area contributed by atoms with Gasteiger partial charge in [0.25, 0.3) is 11.8 Å². The second-order valence-electron chi connectivity index (χ2n) is 7.96. The molecule has 0 bridgehead atoms. The average Bonchev–Trinajstić information content (AvgIpc) is 2.76. The number of nitrogens with zero attached hydrogens (tertiary/aromatic N) is 1. The Morgan fingerprint density at radius 3 is 2.27 bits per heavy atom. The third-order valence-electron chi connectivity index (χ3n) is 5.47. The molecule has 158 valence electrons. The first kappa shape index (κ1) is 21.6. The van der Waals surface area contributed by atoms with Crippen molar-refractivity contribution in [3.63, 3.8) is 0 Å². The third kappa shape index (κ3) is 5.26. The second-order valence-corrected chi connectivity index (χ2v) is 7.96. The highest BCUT2D eigenvalue weighted by Gasteiger charge is 2.29. The highest BCUT2D eigenvalue weighted by atomic mass is 16.2. The van der Waals surface area contributed by atoms with Crippen LogP contribution in [0.2, 0.25) is 0 Å². The summed E-state index contributed by atoms with van der Waals surface area (Å²) in [6.07, 6.45) is 2.34. The first-order chi connectivity index (χ1) is 14.4. The van der Waals surface area contributed by atoms with E-state index in [-0.39, 0.29) is 23.6 Å². The number of rotatable bonds is 4. The van der Waals surface area contributed by atoms with Crippen molar-refractivity contribution in [2.75, 3.05) is 13.1 Å². The van der Waals surface area contributed by atoms with Crippen molar-refractivity contribution in [1.82, 2.24) is 15.8 Å². The molecule has 0 spiro atoms. The Labute approximate surface area is 177 Å². The molecule has 1 saturated heterocycles. The topological polar surface area (TPSA) is 78.5 Å². The molecule has 30 heavy (non-hydrogen) atoms. The summed E-state index contributed by atoms with van der Waals surface area (Å²) in [6, 6.07) is 13.1. The molecule has 0 aliphatic carbocycles. The molecule has 0 saturated carbocycles. The van der Waals surface area contributed by atoms with Gasteiger partial charge < -0.3 is 4.90 Å². The van der Waals surface area contributed by atoms with E-state index >= 15 is 0 Å². The number of hydrogen-bond donors (Lipinski definition) is 2. The fourth-order valence-corrected chi connectivity index (χ4v) is 3.84. The zero-order valence-corrected chi connectivity index (χ0v) is 17.8. The molecule has 6 nitrogen and oxygen atoms in total. The van der Waals surface area contributed by atoms with E-state index in [1.807, 2.05) is 51.1 Å². The minimum atomic E-state index is -0.356. The third-order valence-corrected chi connectivity index (χ3v) is 5.47. The van der Waals surface area contributed by atoms with E-state index in [1.54, 1.807) is 17.0 Å². The lowest BCUT2D eigenvalue weighted by molar-refractivity contribution is -0.127. The number of hydrogen-bond acceptors (Lipinski definition) is 3. The van der Waals surface area contributed by atoms with Gasteiger partial charge in [0, 0.05) is 24.2 Å². The van der Waals surface area contributed by atoms with Crippen molar-refractivity contribution in [3.8, 4) is 0 Å². The molecule has 1 fully saturated rings. The van der Waals surface area contributed by atoms with Crippen LogP contribution >= 0.6 is 0 Å². The number of piperidine rings is 1. The van der Waals surface area contributed by atoms with Crippen LogP contribution in [0.15, 0.2) is 42.5 Å². The van der Waals surface area contributed by atoms with Crippen molar-refractivity contribution in [1.29, 1.82) is 0 Å². The number of carbonyl (C=O) groups is 3. The quantitative estimate of drug-likeness (QED) is 0.764. The number of carbonyl (C=O) groups excluding carboxylic acids is 3. The van der Waals surface area contributed by atoms with Crippen LogP contribution in [0.3, 0.4) is 0 Å². The molecule has 1 heterocycles. The van der Waals surface area contributed by atoms with E-state index in [4.69, 9.17) is 0 Å². The number of amides is 3. The predicted molar refractivity (Wildman–Crippen MR) is 116 cm³/mol. The molecule has 3 amide bonds. The number of likely N-dealkylation sites (tertiary alicyclic amines) is 1. The van der Waals surface area contributed by atoms with Gasteiger partial charge in [-0.3, -0.25) is 25.2 Å². The average molecular weight is 408 g/mol. The summed E-state index contributed by atoms with van der Waals surface area (Å²) in [4.78, 5) is 39.5. The Hall–Kier alpha value is -3.15. The van der Waals surface area contributed by atoms with Gasteiger partial charge in [-0.05, 0) is 62.9 Å².